The van der Waals surface area contributed by atoms with Gasteiger partial charge in [0.25, 0.3) is 5.91 Å². The Kier molecular flexibility index (Phi) is 9.57. The minimum absolute atomic E-state index is 0.0316. The van der Waals surface area contributed by atoms with E-state index in [1.165, 1.54) is 36.6 Å². The van der Waals surface area contributed by atoms with Crippen molar-refractivity contribution in [3.8, 4) is 0 Å². The number of hydrogen-bond donors (Lipinski definition) is 3. The number of piperidine rings is 1. The summed E-state index contributed by atoms with van der Waals surface area (Å²) in [5.74, 6) is -6.36. The fourth-order valence-corrected chi connectivity index (χ4v) is 10.2. The third-order valence-corrected chi connectivity index (χ3v) is 14.9. The number of likely N-dealkylation sites (tertiary alicyclic amines) is 1. The Labute approximate surface area is 293 Å². The van der Waals surface area contributed by atoms with Crippen LogP contribution in [0.25, 0.3) is 0 Å². The van der Waals surface area contributed by atoms with Gasteiger partial charge in [0.05, 0.1) is 27.6 Å². The molecule has 0 spiro atoms. The highest BCUT2D eigenvalue weighted by Crippen LogP contribution is 2.65. The van der Waals surface area contributed by atoms with Crippen molar-refractivity contribution >= 4 is 39.4 Å². The first kappa shape index (κ1) is 38.1. The van der Waals surface area contributed by atoms with Crippen LogP contribution in [0.2, 0.25) is 0 Å². The standard InChI is InChI=1S/C35H53F2N5O7S/c1-9-16-38-28(45)25(43)22(17-20-10-11-20)39-27(44)24-23-21(32(23,5)6)18-41(24)29(46)26-33(7,8)42(30(47)40-26)34(12-14-35(36,37)15-13-34)19-50(48,49)31(2,3)4/h9,20-24,26H,1,10-19H2,2-8H3,(H,38,45)(H,39,44)(H,40,47)/t21?,22?,23?,24-,26?/m0/s1. The van der Waals surface area contributed by atoms with Gasteiger partial charge in [-0.05, 0) is 77.0 Å². The summed E-state index contributed by atoms with van der Waals surface area (Å²) < 4.78 is 55.0. The molecular formula is C35H53F2N5O7S. The van der Waals surface area contributed by atoms with Crippen molar-refractivity contribution in [2.75, 3.05) is 18.8 Å². The number of fused-ring (bicyclic) bond motifs is 1. The minimum atomic E-state index is -3.90. The highest BCUT2D eigenvalue weighted by Gasteiger charge is 2.71. The Morgan fingerprint density at radius 3 is 2.20 bits per heavy atom. The molecule has 280 valence electrons. The molecule has 2 saturated heterocycles. The van der Waals surface area contributed by atoms with Crippen LogP contribution in [0, 0.1) is 23.2 Å². The summed E-state index contributed by atoms with van der Waals surface area (Å²) in [6, 6.07) is -4.02. The van der Waals surface area contributed by atoms with Crippen LogP contribution in [-0.2, 0) is 29.0 Å². The summed E-state index contributed by atoms with van der Waals surface area (Å²) in [5, 5.41) is 8.01. The molecule has 5 aliphatic rings. The average molecular weight is 726 g/mol. The van der Waals surface area contributed by atoms with E-state index in [2.05, 4.69) is 22.5 Å². The zero-order valence-corrected chi connectivity index (χ0v) is 31.1. The first-order valence-corrected chi connectivity index (χ1v) is 19.3. The summed E-state index contributed by atoms with van der Waals surface area (Å²) in [5.41, 5.74) is -3.15. The van der Waals surface area contributed by atoms with Crippen molar-refractivity contribution in [3.05, 3.63) is 12.7 Å². The highest BCUT2D eigenvalue weighted by atomic mass is 32.2. The Morgan fingerprint density at radius 2 is 1.66 bits per heavy atom. The van der Waals surface area contributed by atoms with E-state index in [1.54, 1.807) is 13.8 Å². The van der Waals surface area contributed by atoms with Crippen molar-refractivity contribution in [1.82, 2.24) is 25.8 Å². The summed E-state index contributed by atoms with van der Waals surface area (Å²) in [6.45, 7) is 15.7. The second-order valence-corrected chi connectivity index (χ2v) is 20.1. The zero-order valence-electron chi connectivity index (χ0n) is 30.2. The Hall–Kier alpha value is -3.10. The number of hydrogen-bond acceptors (Lipinski definition) is 7. The molecule has 12 nitrogen and oxygen atoms in total. The number of halogens is 2. The Morgan fingerprint density at radius 1 is 1.06 bits per heavy atom. The summed E-state index contributed by atoms with van der Waals surface area (Å²) in [6.07, 6.45) is 1.74. The van der Waals surface area contributed by atoms with Crippen LogP contribution < -0.4 is 16.0 Å². The van der Waals surface area contributed by atoms with Gasteiger partial charge in [0.15, 0.2) is 9.84 Å². The van der Waals surface area contributed by atoms with E-state index in [-0.39, 0.29) is 49.1 Å². The monoisotopic (exact) mass is 725 g/mol. The molecule has 5 amide bonds. The van der Waals surface area contributed by atoms with E-state index < -0.39 is 97.8 Å². The lowest BCUT2D eigenvalue weighted by Crippen LogP contribution is -2.66. The average Bonchev–Trinajstić information content (AvgIpc) is 3.81. The van der Waals surface area contributed by atoms with Crippen molar-refractivity contribution in [2.24, 2.45) is 23.2 Å². The molecule has 0 radical (unpaired) electrons. The molecule has 3 N–H and O–H groups in total. The van der Waals surface area contributed by atoms with Gasteiger partial charge in [-0.1, -0.05) is 32.8 Å². The SMILES string of the molecule is C=CCNC(=O)C(=O)C(CC1CC1)NC(=O)[C@@H]1C2C(CN1C(=O)C1NC(=O)N(C3(CS(=O)(=O)C(C)(C)C)CCC(F)(F)CC3)C1(C)C)C2(C)C. The third-order valence-electron chi connectivity index (χ3n) is 12.1. The number of amides is 5. The maximum atomic E-state index is 14.5. The van der Waals surface area contributed by atoms with Gasteiger partial charge < -0.3 is 25.8 Å². The quantitative estimate of drug-likeness (QED) is 0.206. The predicted octanol–water partition coefficient (Wildman–Crippen LogP) is 2.96. The van der Waals surface area contributed by atoms with E-state index >= 15 is 0 Å². The van der Waals surface area contributed by atoms with Crippen LogP contribution in [0.4, 0.5) is 13.6 Å². The topological polar surface area (TPSA) is 162 Å². The zero-order chi connectivity index (χ0) is 37.4. The molecule has 2 aliphatic heterocycles. The number of rotatable bonds is 12. The van der Waals surface area contributed by atoms with Gasteiger partial charge in [0.1, 0.15) is 12.1 Å². The number of Topliss-reactive ketones (excluding diaryl/α,β-unsaturated/α-hetero) is 1. The molecule has 0 aromatic rings. The minimum Gasteiger partial charge on any atom is -0.346 e. The molecular weight excluding hydrogens is 672 g/mol. The molecule has 50 heavy (non-hydrogen) atoms. The van der Waals surface area contributed by atoms with E-state index in [0.29, 0.717) is 6.42 Å². The number of carbonyl (C=O) groups excluding carboxylic acids is 5. The largest absolute Gasteiger partial charge is 0.346 e. The summed E-state index contributed by atoms with van der Waals surface area (Å²) in [7, 11) is -3.90. The molecule has 5 atom stereocenters. The van der Waals surface area contributed by atoms with Crippen LogP contribution in [0.1, 0.15) is 93.4 Å². The lowest BCUT2D eigenvalue weighted by molar-refractivity contribution is -0.145. The normalized spacial score (nSPS) is 29.7. The highest BCUT2D eigenvalue weighted by molar-refractivity contribution is 7.92. The number of carbonyl (C=O) groups is 5. The predicted molar refractivity (Wildman–Crippen MR) is 182 cm³/mol. The van der Waals surface area contributed by atoms with E-state index in [4.69, 9.17) is 0 Å². The maximum absolute atomic E-state index is 14.5. The molecule has 4 unspecified atom stereocenters. The molecule has 3 aliphatic carbocycles. The van der Waals surface area contributed by atoms with Gasteiger partial charge in [-0.2, -0.15) is 0 Å². The summed E-state index contributed by atoms with van der Waals surface area (Å²) in [4.78, 5) is 71.0. The Balaban J connectivity index is 1.42. The first-order chi connectivity index (χ1) is 22.9. The first-order valence-electron chi connectivity index (χ1n) is 17.6. The molecule has 15 heteroatoms. The van der Waals surface area contributed by atoms with Gasteiger partial charge in [0.2, 0.25) is 23.5 Å². The molecule has 2 heterocycles. The molecule has 5 rings (SSSR count). The molecule has 3 saturated carbocycles. The van der Waals surface area contributed by atoms with Crippen LogP contribution in [-0.4, -0.2) is 106 Å². The molecule has 0 aromatic carbocycles. The van der Waals surface area contributed by atoms with Crippen molar-refractivity contribution in [2.45, 2.75) is 133 Å². The van der Waals surface area contributed by atoms with Gasteiger partial charge in [-0.3, -0.25) is 19.2 Å². The molecule has 5 fully saturated rings. The Bertz CT molecular complexity index is 1560. The number of alkyl halides is 2. The van der Waals surface area contributed by atoms with Gasteiger partial charge in [0, 0.05) is 25.9 Å². The second kappa shape index (κ2) is 12.5. The van der Waals surface area contributed by atoms with Crippen LogP contribution in [0.3, 0.4) is 0 Å². The smallest absolute Gasteiger partial charge is 0.319 e. The lowest BCUT2D eigenvalue weighted by atomic mass is 9.77. The van der Waals surface area contributed by atoms with Crippen LogP contribution >= 0.6 is 0 Å². The van der Waals surface area contributed by atoms with Crippen molar-refractivity contribution in [3.63, 3.8) is 0 Å². The second-order valence-electron chi connectivity index (χ2n) is 17.3. The maximum Gasteiger partial charge on any atom is 0.319 e. The van der Waals surface area contributed by atoms with Crippen molar-refractivity contribution < 1.29 is 41.2 Å². The van der Waals surface area contributed by atoms with Crippen LogP contribution in [0.5, 0.6) is 0 Å². The van der Waals surface area contributed by atoms with E-state index in [9.17, 15) is 41.2 Å². The van der Waals surface area contributed by atoms with E-state index in [1.807, 2.05) is 13.8 Å². The number of nitrogens with one attached hydrogen (secondary N) is 3. The summed E-state index contributed by atoms with van der Waals surface area (Å²) >= 11 is 0. The number of nitrogens with zero attached hydrogens (tertiary/aromatic N) is 2. The van der Waals surface area contributed by atoms with Gasteiger partial charge >= 0.3 is 6.03 Å². The molecule has 0 aromatic heterocycles. The lowest BCUT2D eigenvalue weighted by Gasteiger charge is -2.51. The third kappa shape index (κ3) is 6.79. The van der Waals surface area contributed by atoms with Crippen LogP contribution in [0.15, 0.2) is 12.7 Å². The van der Waals surface area contributed by atoms with Gasteiger partial charge in [-0.25, -0.2) is 22.0 Å². The number of sulfone groups is 1. The fourth-order valence-electron chi connectivity index (χ4n) is 8.59. The van der Waals surface area contributed by atoms with Crippen molar-refractivity contribution in [1.29, 1.82) is 0 Å². The molecule has 0 bridgehead atoms. The fraction of sp³-hybridized carbons (Fsp3) is 0.800. The number of ketones is 1. The van der Waals surface area contributed by atoms with E-state index in [0.717, 1.165) is 12.8 Å². The number of urea groups is 1. The van der Waals surface area contributed by atoms with Gasteiger partial charge in [-0.15, -0.1) is 6.58 Å².